The number of nitrogens with one attached hydrogen (secondary N) is 1. The van der Waals surface area contributed by atoms with Gasteiger partial charge in [-0.25, -0.2) is 9.97 Å². The lowest BCUT2D eigenvalue weighted by atomic mass is 10.00. The van der Waals surface area contributed by atoms with E-state index in [9.17, 15) is 0 Å². The van der Waals surface area contributed by atoms with Gasteiger partial charge in [0.05, 0.1) is 0 Å². The highest BCUT2D eigenvalue weighted by Gasteiger charge is 2.22. The molecule has 4 nitrogen and oxygen atoms in total. The van der Waals surface area contributed by atoms with Crippen LogP contribution in [0.5, 0.6) is 0 Å². The Balaban J connectivity index is 2.05. The lowest BCUT2D eigenvalue weighted by Crippen LogP contribution is -2.25. The lowest BCUT2D eigenvalue weighted by Gasteiger charge is -2.21. The van der Waals surface area contributed by atoms with E-state index < -0.39 is 0 Å². The van der Waals surface area contributed by atoms with Crippen LogP contribution < -0.4 is 11.1 Å². The van der Waals surface area contributed by atoms with E-state index in [1.165, 1.54) is 32.0 Å². The zero-order valence-corrected chi connectivity index (χ0v) is 10.0. The molecular weight excluding hydrogens is 200 g/mol. The van der Waals surface area contributed by atoms with Crippen LogP contribution in [0.2, 0.25) is 0 Å². The molecule has 1 heterocycles. The fraction of sp³-hybridized carbons (Fsp3) is 0.667. The second kappa shape index (κ2) is 4.68. The summed E-state index contributed by atoms with van der Waals surface area (Å²) in [5, 5.41) is 3.46. The van der Waals surface area contributed by atoms with Crippen molar-refractivity contribution in [2.75, 3.05) is 11.1 Å². The predicted molar refractivity (Wildman–Crippen MR) is 66.2 cm³/mol. The third-order valence-corrected chi connectivity index (χ3v) is 3.59. The summed E-state index contributed by atoms with van der Waals surface area (Å²) < 4.78 is 0. The van der Waals surface area contributed by atoms with Gasteiger partial charge in [0.2, 0.25) is 0 Å². The van der Waals surface area contributed by atoms with E-state index in [4.69, 9.17) is 5.73 Å². The van der Waals surface area contributed by atoms with Crippen molar-refractivity contribution in [3.63, 3.8) is 0 Å². The summed E-state index contributed by atoms with van der Waals surface area (Å²) in [7, 11) is 0. The lowest BCUT2D eigenvalue weighted by molar-refractivity contribution is 0.481. The summed E-state index contributed by atoms with van der Waals surface area (Å²) in [5.41, 5.74) is 6.71. The second-order valence-corrected chi connectivity index (χ2v) is 4.71. The number of rotatable bonds is 3. The Labute approximate surface area is 96.7 Å². The van der Waals surface area contributed by atoms with Crippen LogP contribution in [0.1, 0.15) is 38.2 Å². The van der Waals surface area contributed by atoms with Gasteiger partial charge in [-0.3, -0.25) is 0 Å². The smallest absolute Gasteiger partial charge is 0.134 e. The molecule has 1 aliphatic carbocycles. The van der Waals surface area contributed by atoms with Crippen molar-refractivity contribution in [1.29, 1.82) is 0 Å². The summed E-state index contributed by atoms with van der Waals surface area (Å²) in [6.45, 7) is 4.19. The average molecular weight is 220 g/mol. The molecule has 0 bridgehead atoms. The van der Waals surface area contributed by atoms with Gasteiger partial charge in [0.1, 0.15) is 18.0 Å². The molecule has 0 amide bonds. The van der Waals surface area contributed by atoms with Gasteiger partial charge in [-0.2, -0.15) is 0 Å². The van der Waals surface area contributed by atoms with Crippen molar-refractivity contribution < 1.29 is 0 Å². The van der Waals surface area contributed by atoms with Gasteiger partial charge >= 0.3 is 0 Å². The first kappa shape index (κ1) is 11.2. The van der Waals surface area contributed by atoms with E-state index in [2.05, 4.69) is 22.2 Å². The van der Waals surface area contributed by atoms with Crippen LogP contribution in [0.4, 0.5) is 11.6 Å². The minimum atomic E-state index is 0.468. The molecule has 2 rings (SSSR count). The summed E-state index contributed by atoms with van der Waals surface area (Å²) in [4.78, 5) is 8.22. The summed E-state index contributed by atoms with van der Waals surface area (Å²) in [6, 6.07) is 0.468. The number of aromatic nitrogens is 2. The Bertz CT molecular complexity index is 358. The molecule has 16 heavy (non-hydrogen) atoms. The predicted octanol–water partition coefficient (Wildman–Crippen LogP) is 2.36. The van der Waals surface area contributed by atoms with Crippen molar-refractivity contribution in [3.05, 3.63) is 11.9 Å². The number of nitrogen functional groups attached to an aromatic ring is 1. The zero-order chi connectivity index (χ0) is 11.5. The molecule has 4 heteroatoms. The van der Waals surface area contributed by atoms with Gasteiger partial charge in [-0.15, -0.1) is 0 Å². The molecule has 1 saturated carbocycles. The molecule has 1 aromatic heterocycles. The van der Waals surface area contributed by atoms with E-state index in [0.717, 1.165) is 17.3 Å². The molecule has 0 saturated heterocycles. The van der Waals surface area contributed by atoms with Crippen molar-refractivity contribution in [1.82, 2.24) is 9.97 Å². The van der Waals surface area contributed by atoms with E-state index in [1.54, 1.807) is 0 Å². The average Bonchev–Trinajstić information content (AvgIpc) is 2.78. The number of anilines is 2. The molecule has 0 spiro atoms. The maximum atomic E-state index is 5.76. The van der Waals surface area contributed by atoms with Gasteiger partial charge in [0.25, 0.3) is 0 Å². The summed E-state index contributed by atoms with van der Waals surface area (Å²) in [5.74, 6) is 2.22. The van der Waals surface area contributed by atoms with E-state index >= 15 is 0 Å². The minimum absolute atomic E-state index is 0.468. The monoisotopic (exact) mass is 220 g/mol. The van der Waals surface area contributed by atoms with Gasteiger partial charge in [0, 0.05) is 11.6 Å². The molecule has 88 valence electrons. The van der Waals surface area contributed by atoms with Gasteiger partial charge in [-0.05, 0) is 32.6 Å². The first-order chi connectivity index (χ1) is 7.68. The van der Waals surface area contributed by atoms with Crippen molar-refractivity contribution in [3.8, 4) is 0 Å². The molecule has 1 atom stereocenters. The Morgan fingerprint density at radius 1 is 1.38 bits per heavy atom. The fourth-order valence-electron chi connectivity index (χ4n) is 2.40. The van der Waals surface area contributed by atoms with Crippen molar-refractivity contribution in [2.24, 2.45) is 5.92 Å². The molecule has 0 radical (unpaired) electrons. The molecule has 1 fully saturated rings. The first-order valence-corrected chi connectivity index (χ1v) is 6.02. The van der Waals surface area contributed by atoms with Crippen LogP contribution in [-0.2, 0) is 0 Å². The third-order valence-electron chi connectivity index (χ3n) is 3.59. The van der Waals surface area contributed by atoms with Crippen molar-refractivity contribution in [2.45, 2.75) is 45.6 Å². The highest BCUT2D eigenvalue weighted by atomic mass is 15.1. The molecule has 1 aromatic rings. The van der Waals surface area contributed by atoms with E-state index in [0.29, 0.717) is 11.9 Å². The molecule has 0 aromatic carbocycles. The molecule has 3 N–H and O–H groups in total. The summed E-state index contributed by atoms with van der Waals surface area (Å²) in [6.07, 6.45) is 6.90. The SMILES string of the molecule is Cc1c(N)ncnc1NC(C)C1CCCC1. The highest BCUT2D eigenvalue weighted by Crippen LogP contribution is 2.29. The molecule has 1 aliphatic rings. The van der Waals surface area contributed by atoms with Crippen LogP contribution in [0.3, 0.4) is 0 Å². The maximum absolute atomic E-state index is 5.76. The Morgan fingerprint density at radius 2 is 2.06 bits per heavy atom. The van der Waals surface area contributed by atoms with Gasteiger partial charge in [-0.1, -0.05) is 12.8 Å². The normalized spacial score (nSPS) is 18.6. The Morgan fingerprint density at radius 3 is 2.75 bits per heavy atom. The minimum Gasteiger partial charge on any atom is -0.383 e. The topological polar surface area (TPSA) is 63.8 Å². The fourth-order valence-corrected chi connectivity index (χ4v) is 2.40. The van der Waals surface area contributed by atoms with Crippen molar-refractivity contribution >= 4 is 11.6 Å². The van der Waals surface area contributed by atoms with Gasteiger partial charge < -0.3 is 11.1 Å². The molecular formula is C12H20N4. The number of hydrogen-bond acceptors (Lipinski definition) is 4. The van der Waals surface area contributed by atoms with Crippen LogP contribution in [0.15, 0.2) is 6.33 Å². The third kappa shape index (κ3) is 2.26. The molecule has 0 aliphatic heterocycles. The Hall–Kier alpha value is -1.32. The summed E-state index contributed by atoms with van der Waals surface area (Å²) >= 11 is 0. The Kier molecular flexibility index (Phi) is 3.27. The molecule has 1 unspecified atom stereocenters. The van der Waals surface area contributed by atoms with Crippen LogP contribution in [-0.4, -0.2) is 16.0 Å². The van der Waals surface area contributed by atoms with Crippen LogP contribution in [0.25, 0.3) is 0 Å². The second-order valence-electron chi connectivity index (χ2n) is 4.71. The largest absolute Gasteiger partial charge is 0.383 e. The maximum Gasteiger partial charge on any atom is 0.134 e. The number of nitrogens with zero attached hydrogens (tertiary/aromatic N) is 2. The van der Waals surface area contributed by atoms with Crippen LogP contribution >= 0.6 is 0 Å². The van der Waals surface area contributed by atoms with Crippen LogP contribution in [0, 0.1) is 12.8 Å². The van der Waals surface area contributed by atoms with E-state index in [-0.39, 0.29) is 0 Å². The number of nitrogens with two attached hydrogens (primary N) is 1. The first-order valence-electron chi connectivity index (χ1n) is 6.02. The zero-order valence-electron chi connectivity index (χ0n) is 10.0. The highest BCUT2D eigenvalue weighted by molar-refractivity contribution is 5.54. The number of hydrogen-bond donors (Lipinski definition) is 2. The quantitative estimate of drug-likeness (QED) is 0.820. The van der Waals surface area contributed by atoms with Gasteiger partial charge in [0.15, 0.2) is 0 Å². The van der Waals surface area contributed by atoms with E-state index in [1.807, 2.05) is 6.92 Å². The standard InChI is InChI=1S/C12H20N4/c1-8-11(13)14-7-15-12(8)16-9(2)10-5-3-4-6-10/h7,9-10H,3-6H2,1-2H3,(H3,13,14,15,16).